The molecule has 1 atom stereocenters. The minimum atomic E-state index is -0.560. The van der Waals surface area contributed by atoms with Crippen LogP contribution in [0.2, 0.25) is 0 Å². The van der Waals surface area contributed by atoms with Gasteiger partial charge in [0.25, 0.3) is 0 Å². The summed E-state index contributed by atoms with van der Waals surface area (Å²) in [6, 6.07) is 3.59. The highest BCUT2D eigenvalue weighted by atomic mass is 35.5. The molecule has 0 aliphatic carbocycles. The minimum Gasteiger partial charge on any atom is -0.340 e. The van der Waals surface area contributed by atoms with E-state index in [0.29, 0.717) is 38.2 Å². The summed E-state index contributed by atoms with van der Waals surface area (Å²) in [4.78, 5) is 16.1. The smallest absolute Gasteiger partial charge is 0.222 e. The van der Waals surface area contributed by atoms with Crippen molar-refractivity contribution in [2.24, 2.45) is 0 Å². The van der Waals surface area contributed by atoms with Crippen molar-refractivity contribution in [1.29, 1.82) is 0 Å². The normalized spacial score (nSPS) is 15.9. The molecule has 8 heteroatoms. The maximum atomic E-state index is 13.9. The second-order valence-corrected chi connectivity index (χ2v) is 5.97. The highest BCUT2D eigenvalue weighted by Crippen LogP contribution is 2.24. The summed E-state index contributed by atoms with van der Waals surface area (Å²) in [5.41, 5.74) is 0.500. The van der Waals surface area contributed by atoms with E-state index >= 15 is 0 Å². The van der Waals surface area contributed by atoms with Crippen LogP contribution in [0.3, 0.4) is 0 Å². The van der Waals surface area contributed by atoms with Crippen LogP contribution in [0, 0.1) is 11.6 Å². The predicted octanol–water partition coefficient (Wildman–Crippen LogP) is 3.01. The quantitative estimate of drug-likeness (QED) is 0.749. The molecule has 2 rings (SSSR count). The molecule has 1 N–H and O–H groups in total. The van der Waals surface area contributed by atoms with Gasteiger partial charge in [-0.1, -0.05) is 6.07 Å². The number of hydrogen-bond acceptors (Lipinski definition) is 3. The van der Waals surface area contributed by atoms with Crippen LogP contribution in [0.5, 0.6) is 0 Å². The van der Waals surface area contributed by atoms with Crippen molar-refractivity contribution >= 4 is 30.7 Å². The van der Waals surface area contributed by atoms with Gasteiger partial charge in [-0.25, -0.2) is 8.78 Å². The molecule has 0 spiro atoms. The Morgan fingerprint density at radius 3 is 2.40 bits per heavy atom. The molecule has 1 fully saturated rings. The van der Waals surface area contributed by atoms with Crippen molar-refractivity contribution in [2.75, 3.05) is 39.8 Å². The Hall–Kier alpha value is -0.950. The molecule has 1 unspecified atom stereocenters. The van der Waals surface area contributed by atoms with Crippen molar-refractivity contribution in [3.05, 3.63) is 35.4 Å². The summed E-state index contributed by atoms with van der Waals surface area (Å²) in [5, 5.41) is 3.03. The fraction of sp³-hybridized carbons (Fsp3) is 0.588. The third-order valence-electron chi connectivity index (χ3n) is 4.44. The summed E-state index contributed by atoms with van der Waals surface area (Å²) >= 11 is 0. The fourth-order valence-corrected chi connectivity index (χ4v) is 2.97. The SMILES string of the molecule is CNCCCC(=O)N1CCN(C(C)c2ccc(F)cc2F)CC1.Cl.Cl. The summed E-state index contributed by atoms with van der Waals surface area (Å²) in [6.45, 7) is 5.48. The second-order valence-electron chi connectivity index (χ2n) is 5.97. The Labute approximate surface area is 160 Å². The molecular weight excluding hydrogens is 371 g/mol. The number of carbonyl (C=O) groups excluding carboxylic acids is 1. The van der Waals surface area contributed by atoms with Gasteiger partial charge < -0.3 is 10.2 Å². The van der Waals surface area contributed by atoms with Crippen LogP contribution in [0.4, 0.5) is 8.78 Å². The lowest BCUT2D eigenvalue weighted by Gasteiger charge is -2.38. The first-order chi connectivity index (χ1) is 11.0. The van der Waals surface area contributed by atoms with E-state index in [1.165, 1.54) is 12.1 Å². The number of nitrogens with one attached hydrogen (secondary N) is 1. The number of nitrogens with zero attached hydrogens (tertiary/aromatic N) is 2. The van der Waals surface area contributed by atoms with Crippen molar-refractivity contribution < 1.29 is 13.6 Å². The van der Waals surface area contributed by atoms with Gasteiger partial charge in [0, 0.05) is 50.3 Å². The van der Waals surface area contributed by atoms with Crippen LogP contribution in [0.25, 0.3) is 0 Å². The Balaban J connectivity index is 0.00000288. The van der Waals surface area contributed by atoms with Crippen molar-refractivity contribution in [2.45, 2.75) is 25.8 Å². The van der Waals surface area contributed by atoms with Crippen molar-refractivity contribution in [3.8, 4) is 0 Å². The molecule has 1 aromatic carbocycles. The first-order valence-corrected chi connectivity index (χ1v) is 8.14. The van der Waals surface area contributed by atoms with E-state index in [0.717, 1.165) is 19.0 Å². The van der Waals surface area contributed by atoms with Crippen molar-refractivity contribution in [1.82, 2.24) is 15.1 Å². The average molecular weight is 398 g/mol. The zero-order chi connectivity index (χ0) is 16.8. The number of piperazine rings is 1. The topological polar surface area (TPSA) is 35.6 Å². The first-order valence-electron chi connectivity index (χ1n) is 8.14. The molecule has 0 saturated carbocycles. The maximum Gasteiger partial charge on any atom is 0.222 e. The molecule has 4 nitrogen and oxygen atoms in total. The van der Waals surface area contributed by atoms with Gasteiger partial charge in [0.15, 0.2) is 0 Å². The van der Waals surface area contributed by atoms with Crippen LogP contribution < -0.4 is 5.32 Å². The van der Waals surface area contributed by atoms with E-state index in [2.05, 4.69) is 10.2 Å². The lowest BCUT2D eigenvalue weighted by atomic mass is 10.1. The molecule has 1 heterocycles. The summed E-state index contributed by atoms with van der Waals surface area (Å²) in [5.74, 6) is -0.890. The van der Waals surface area contributed by atoms with E-state index in [-0.39, 0.29) is 36.8 Å². The number of amides is 1. The van der Waals surface area contributed by atoms with Gasteiger partial charge in [0.1, 0.15) is 11.6 Å². The fourth-order valence-electron chi connectivity index (χ4n) is 2.97. The van der Waals surface area contributed by atoms with E-state index in [9.17, 15) is 13.6 Å². The summed E-state index contributed by atoms with van der Waals surface area (Å²) in [6.07, 6.45) is 1.40. The van der Waals surface area contributed by atoms with Crippen molar-refractivity contribution in [3.63, 3.8) is 0 Å². The second kappa shape index (κ2) is 11.6. The zero-order valence-electron chi connectivity index (χ0n) is 14.6. The molecule has 0 radical (unpaired) electrons. The van der Waals surface area contributed by atoms with E-state index in [1.807, 2.05) is 18.9 Å². The molecule has 1 amide bonds. The average Bonchev–Trinajstić information content (AvgIpc) is 2.54. The maximum absolute atomic E-state index is 13.9. The highest BCUT2D eigenvalue weighted by Gasteiger charge is 2.25. The molecular formula is C17H27Cl2F2N3O. The molecule has 1 saturated heterocycles. The van der Waals surface area contributed by atoms with Crippen LogP contribution in [0.1, 0.15) is 31.4 Å². The molecule has 0 aromatic heterocycles. The number of rotatable bonds is 6. The van der Waals surface area contributed by atoms with E-state index in [1.54, 1.807) is 0 Å². The minimum absolute atomic E-state index is 0. The standard InChI is InChI=1S/C17H25F2N3O.2ClH/c1-13(15-6-5-14(18)12-16(15)19)21-8-10-22(11-9-21)17(23)4-3-7-20-2;;/h5-6,12-13,20H,3-4,7-11H2,1-2H3;2*1H. The third-order valence-corrected chi connectivity index (χ3v) is 4.44. The van der Waals surface area contributed by atoms with Gasteiger partial charge in [-0.2, -0.15) is 0 Å². The zero-order valence-corrected chi connectivity index (χ0v) is 16.3. The molecule has 1 aromatic rings. The predicted molar refractivity (Wildman–Crippen MR) is 101 cm³/mol. The van der Waals surface area contributed by atoms with E-state index in [4.69, 9.17) is 0 Å². The van der Waals surface area contributed by atoms with Crippen LogP contribution in [-0.4, -0.2) is 55.5 Å². The molecule has 0 bridgehead atoms. The first kappa shape index (κ1) is 24.1. The number of halogens is 4. The Bertz CT molecular complexity index is 541. The van der Waals surface area contributed by atoms with Gasteiger partial charge in [0.2, 0.25) is 5.91 Å². The number of hydrogen-bond donors (Lipinski definition) is 1. The Morgan fingerprint density at radius 2 is 1.84 bits per heavy atom. The highest BCUT2D eigenvalue weighted by molar-refractivity contribution is 5.85. The lowest BCUT2D eigenvalue weighted by Crippen LogP contribution is -2.49. The van der Waals surface area contributed by atoms with Crippen LogP contribution in [-0.2, 0) is 4.79 Å². The molecule has 1 aliphatic heterocycles. The number of benzene rings is 1. The molecule has 25 heavy (non-hydrogen) atoms. The summed E-state index contributed by atoms with van der Waals surface area (Å²) in [7, 11) is 1.87. The van der Waals surface area contributed by atoms with Gasteiger partial charge >= 0.3 is 0 Å². The lowest BCUT2D eigenvalue weighted by molar-refractivity contribution is -0.133. The largest absolute Gasteiger partial charge is 0.340 e. The van der Waals surface area contributed by atoms with E-state index < -0.39 is 11.6 Å². The molecule has 1 aliphatic rings. The van der Waals surface area contributed by atoms with Gasteiger partial charge in [0.05, 0.1) is 0 Å². The van der Waals surface area contributed by atoms with Crippen LogP contribution >= 0.6 is 24.8 Å². The van der Waals surface area contributed by atoms with Crippen LogP contribution in [0.15, 0.2) is 18.2 Å². The molecule has 144 valence electrons. The van der Waals surface area contributed by atoms with Gasteiger partial charge in [-0.3, -0.25) is 9.69 Å². The number of carbonyl (C=O) groups is 1. The Kier molecular flexibility index (Phi) is 11.2. The van der Waals surface area contributed by atoms with Gasteiger partial charge in [-0.05, 0) is 33.0 Å². The monoisotopic (exact) mass is 397 g/mol. The van der Waals surface area contributed by atoms with Gasteiger partial charge in [-0.15, -0.1) is 24.8 Å². The third kappa shape index (κ3) is 6.70. The Morgan fingerprint density at radius 1 is 1.20 bits per heavy atom. The summed E-state index contributed by atoms with van der Waals surface area (Å²) < 4.78 is 26.9.